The Bertz CT molecular complexity index is 772. The summed E-state index contributed by atoms with van der Waals surface area (Å²) in [5.74, 6) is 0.249. The first-order chi connectivity index (χ1) is 11.0. The molecule has 118 valence electrons. The number of nitro benzene ring substituents is 1. The number of aryl methyl sites for hydroxylation is 1. The molecule has 1 amide bonds. The van der Waals surface area contributed by atoms with E-state index in [9.17, 15) is 14.9 Å². The lowest BCUT2D eigenvalue weighted by molar-refractivity contribution is -0.385. The van der Waals surface area contributed by atoms with Crippen LogP contribution in [-0.2, 0) is 6.54 Å². The van der Waals surface area contributed by atoms with E-state index in [-0.39, 0.29) is 11.6 Å². The maximum Gasteiger partial charge on any atom is 0.272 e. The van der Waals surface area contributed by atoms with E-state index in [0.717, 1.165) is 24.2 Å². The van der Waals surface area contributed by atoms with E-state index in [1.54, 1.807) is 6.92 Å². The van der Waals surface area contributed by atoms with Crippen molar-refractivity contribution in [1.82, 2.24) is 15.3 Å². The van der Waals surface area contributed by atoms with E-state index in [1.807, 2.05) is 6.07 Å². The lowest BCUT2D eigenvalue weighted by Crippen LogP contribution is -2.23. The van der Waals surface area contributed by atoms with Gasteiger partial charge in [0.05, 0.1) is 17.2 Å². The summed E-state index contributed by atoms with van der Waals surface area (Å²) >= 11 is 0. The van der Waals surface area contributed by atoms with E-state index in [1.165, 1.54) is 24.5 Å². The standard InChI is InChI=1S/C16H16N4O3/c1-10-6-12(4-5-15(10)20(22)23)16(21)17-8-13-7-14(11-2-3-11)19-9-18-13/h4-7,9,11H,2-3,8H2,1H3,(H,17,21). The van der Waals surface area contributed by atoms with Crippen LogP contribution < -0.4 is 5.32 Å². The van der Waals surface area contributed by atoms with Gasteiger partial charge in [-0.25, -0.2) is 9.97 Å². The third-order valence-corrected chi connectivity index (χ3v) is 3.83. The van der Waals surface area contributed by atoms with Crippen LogP contribution in [0.15, 0.2) is 30.6 Å². The topological polar surface area (TPSA) is 98.0 Å². The summed E-state index contributed by atoms with van der Waals surface area (Å²) in [5, 5.41) is 13.6. The number of nitrogens with one attached hydrogen (secondary N) is 1. The van der Waals surface area contributed by atoms with E-state index in [0.29, 0.717) is 23.6 Å². The van der Waals surface area contributed by atoms with Crippen molar-refractivity contribution >= 4 is 11.6 Å². The monoisotopic (exact) mass is 312 g/mol. The molecule has 1 N–H and O–H groups in total. The lowest BCUT2D eigenvalue weighted by atomic mass is 10.1. The number of hydrogen-bond donors (Lipinski definition) is 1. The van der Waals surface area contributed by atoms with Crippen LogP contribution in [0, 0.1) is 17.0 Å². The van der Waals surface area contributed by atoms with Gasteiger partial charge in [0.15, 0.2) is 0 Å². The van der Waals surface area contributed by atoms with Crippen molar-refractivity contribution in [3.8, 4) is 0 Å². The third kappa shape index (κ3) is 3.50. The van der Waals surface area contributed by atoms with Gasteiger partial charge >= 0.3 is 0 Å². The average Bonchev–Trinajstić information content (AvgIpc) is 3.37. The van der Waals surface area contributed by atoms with Gasteiger partial charge in [0.25, 0.3) is 11.6 Å². The van der Waals surface area contributed by atoms with Crippen molar-refractivity contribution in [2.24, 2.45) is 0 Å². The molecule has 1 aromatic heterocycles. The number of hydrogen-bond acceptors (Lipinski definition) is 5. The number of aromatic nitrogens is 2. The molecule has 0 unspecified atom stereocenters. The highest BCUT2D eigenvalue weighted by Crippen LogP contribution is 2.38. The molecule has 0 radical (unpaired) electrons. The van der Waals surface area contributed by atoms with Crippen molar-refractivity contribution in [1.29, 1.82) is 0 Å². The molecule has 0 atom stereocenters. The van der Waals surface area contributed by atoms with E-state index in [2.05, 4.69) is 15.3 Å². The van der Waals surface area contributed by atoms with Gasteiger partial charge in [-0.05, 0) is 38.0 Å². The Morgan fingerprint density at radius 3 is 2.78 bits per heavy atom. The minimum Gasteiger partial charge on any atom is -0.346 e. The predicted octanol–water partition coefficient (Wildman–Crippen LogP) is 2.50. The van der Waals surface area contributed by atoms with Crippen LogP contribution in [0.5, 0.6) is 0 Å². The molecule has 1 aromatic carbocycles. The second kappa shape index (κ2) is 6.12. The van der Waals surface area contributed by atoms with Crippen molar-refractivity contribution in [3.63, 3.8) is 0 Å². The van der Waals surface area contributed by atoms with Gasteiger partial charge in [0.1, 0.15) is 6.33 Å². The molecule has 1 aliphatic carbocycles. The first-order valence-corrected chi connectivity index (χ1v) is 7.38. The summed E-state index contributed by atoms with van der Waals surface area (Å²) < 4.78 is 0. The van der Waals surface area contributed by atoms with Crippen molar-refractivity contribution in [2.75, 3.05) is 0 Å². The second-order valence-electron chi connectivity index (χ2n) is 5.65. The van der Waals surface area contributed by atoms with E-state index < -0.39 is 4.92 Å². The lowest BCUT2D eigenvalue weighted by Gasteiger charge is -2.07. The molecule has 23 heavy (non-hydrogen) atoms. The zero-order valence-corrected chi connectivity index (χ0v) is 12.7. The SMILES string of the molecule is Cc1cc(C(=O)NCc2cc(C3CC3)ncn2)ccc1[N+](=O)[O-]. The maximum atomic E-state index is 12.2. The summed E-state index contributed by atoms with van der Waals surface area (Å²) in [6.07, 6.45) is 3.83. The predicted molar refractivity (Wildman–Crippen MR) is 83.0 cm³/mol. The number of amides is 1. The fourth-order valence-electron chi connectivity index (χ4n) is 2.39. The quantitative estimate of drug-likeness (QED) is 0.675. The summed E-state index contributed by atoms with van der Waals surface area (Å²) in [7, 11) is 0. The number of benzene rings is 1. The van der Waals surface area contributed by atoms with Gasteiger partial charge in [0, 0.05) is 28.8 Å². The van der Waals surface area contributed by atoms with Crippen LogP contribution in [-0.4, -0.2) is 20.8 Å². The van der Waals surface area contributed by atoms with Gasteiger partial charge in [-0.3, -0.25) is 14.9 Å². The number of rotatable bonds is 5. The van der Waals surface area contributed by atoms with Crippen LogP contribution in [0.3, 0.4) is 0 Å². The molecule has 7 heteroatoms. The number of nitro groups is 1. The molecule has 1 saturated carbocycles. The Morgan fingerprint density at radius 2 is 2.13 bits per heavy atom. The molecule has 0 saturated heterocycles. The van der Waals surface area contributed by atoms with Crippen LogP contribution in [0.25, 0.3) is 0 Å². The first kappa shape index (κ1) is 15.1. The van der Waals surface area contributed by atoms with Crippen LogP contribution >= 0.6 is 0 Å². The normalized spacial score (nSPS) is 13.6. The summed E-state index contributed by atoms with van der Waals surface area (Å²) in [6, 6.07) is 6.23. The van der Waals surface area contributed by atoms with Crippen molar-refractivity contribution in [2.45, 2.75) is 32.2 Å². The fourth-order valence-corrected chi connectivity index (χ4v) is 2.39. The van der Waals surface area contributed by atoms with Crippen LogP contribution in [0.4, 0.5) is 5.69 Å². The molecular formula is C16H16N4O3. The highest BCUT2D eigenvalue weighted by Gasteiger charge is 2.25. The Balaban J connectivity index is 1.66. The minimum absolute atomic E-state index is 0.00595. The number of carbonyl (C=O) groups is 1. The van der Waals surface area contributed by atoms with Gasteiger partial charge in [0.2, 0.25) is 0 Å². The molecule has 0 bridgehead atoms. The average molecular weight is 312 g/mol. The molecular weight excluding hydrogens is 296 g/mol. The molecule has 7 nitrogen and oxygen atoms in total. The number of nitrogens with zero attached hydrogens (tertiary/aromatic N) is 3. The van der Waals surface area contributed by atoms with Gasteiger partial charge in [-0.2, -0.15) is 0 Å². The minimum atomic E-state index is -0.461. The van der Waals surface area contributed by atoms with Gasteiger partial charge < -0.3 is 5.32 Å². The Hall–Kier alpha value is -2.83. The Labute approximate surface area is 132 Å². The Morgan fingerprint density at radius 1 is 1.35 bits per heavy atom. The zero-order chi connectivity index (χ0) is 16.4. The smallest absolute Gasteiger partial charge is 0.272 e. The first-order valence-electron chi connectivity index (χ1n) is 7.38. The highest BCUT2D eigenvalue weighted by molar-refractivity contribution is 5.94. The largest absolute Gasteiger partial charge is 0.346 e. The van der Waals surface area contributed by atoms with E-state index >= 15 is 0 Å². The van der Waals surface area contributed by atoms with Gasteiger partial charge in [-0.15, -0.1) is 0 Å². The van der Waals surface area contributed by atoms with Crippen molar-refractivity contribution < 1.29 is 9.72 Å². The van der Waals surface area contributed by atoms with Gasteiger partial charge in [-0.1, -0.05) is 0 Å². The third-order valence-electron chi connectivity index (χ3n) is 3.83. The summed E-state index contributed by atoms with van der Waals surface area (Å²) in [6.45, 7) is 1.92. The summed E-state index contributed by atoms with van der Waals surface area (Å²) in [4.78, 5) is 30.9. The molecule has 1 fully saturated rings. The molecule has 3 rings (SSSR count). The van der Waals surface area contributed by atoms with Crippen molar-refractivity contribution in [3.05, 3.63) is 63.2 Å². The number of carbonyl (C=O) groups excluding carboxylic acids is 1. The molecule has 2 aromatic rings. The zero-order valence-electron chi connectivity index (χ0n) is 12.7. The molecule has 0 aliphatic heterocycles. The fraction of sp³-hybridized carbons (Fsp3) is 0.312. The van der Waals surface area contributed by atoms with Crippen LogP contribution in [0.1, 0.15) is 46.1 Å². The van der Waals surface area contributed by atoms with Crippen LogP contribution in [0.2, 0.25) is 0 Å². The maximum absolute atomic E-state index is 12.2. The molecule has 0 spiro atoms. The second-order valence-corrected chi connectivity index (χ2v) is 5.65. The summed E-state index contributed by atoms with van der Waals surface area (Å²) in [5.41, 5.74) is 2.64. The molecule has 1 heterocycles. The highest BCUT2D eigenvalue weighted by atomic mass is 16.6. The van der Waals surface area contributed by atoms with E-state index in [4.69, 9.17) is 0 Å². The molecule has 1 aliphatic rings. The Kier molecular flexibility index (Phi) is 4.01.